The molecule has 0 saturated carbocycles. The summed E-state index contributed by atoms with van der Waals surface area (Å²) in [7, 11) is -2.22. The summed E-state index contributed by atoms with van der Waals surface area (Å²) >= 11 is 1.58. The number of β-lactam (4-membered cyclic amide) rings is 1. The number of ether oxygens (including phenoxy) is 1. The predicted octanol–water partition coefficient (Wildman–Crippen LogP) is 0.432. The van der Waals surface area contributed by atoms with Crippen LogP contribution in [0.2, 0.25) is 0 Å². The van der Waals surface area contributed by atoms with Crippen LogP contribution in [0.5, 0.6) is 5.75 Å². The van der Waals surface area contributed by atoms with E-state index in [0.717, 1.165) is 22.5 Å². The molecular weight excluding hydrogens is 492 g/mol. The number of thioether (sulfide) groups is 1. The molecule has 3 aliphatic heterocycles. The summed E-state index contributed by atoms with van der Waals surface area (Å²) < 4.78 is 30.7. The van der Waals surface area contributed by atoms with Crippen molar-refractivity contribution in [2.24, 2.45) is 17.0 Å². The van der Waals surface area contributed by atoms with Crippen LogP contribution in [0, 0.1) is 11.8 Å². The Morgan fingerprint density at radius 1 is 1.34 bits per heavy atom. The van der Waals surface area contributed by atoms with Crippen LogP contribution in [0.3, 0.4) is 0 Å². The van der Waals surface area contributed by atoms with Crippen molar-refractivity contribution in [2.75, 3.05) is 20.2 Å². The van der Waals surface area contributed by atoms with Crippen LogP contribution in [0.15, 0.2) is 34.9 Å². The third kappa shape index (κ3) is 5.27. The van der Waals surface area contributed by atoms with Crippen molar-refractivity contribution in [3.8, 4) is 5.75 Å². The zero-order valence-electron chi connectivity index (χ0n) is 20.0. The standard InChI is InChI=1S/C23H32N4O6S2/c1-13-21-20(14(2)29)23(30)27(21)19(12-28)22(13)34-18-8-16(9-25-35(24,31)32)26(11-18)10-15-4-6-17(33-3)7-5-15/h4-7,12-14,16,18,20-21,25,29H,8-11H2,1-3H3,(H2,24,31,32)/t13-,14-,16+,18+,20-,21-/m1/s1. The van der Waals surface area contributed by atoms with Gasteiger partial charge in [0.05, 0.1) is 30.9 Å². The average molecular weight is 525 g/mol. The van der Waals surface area contributed by atoms with E-state index in [-0.39, 0.29) is 35.7 Å². The summed E-state index contributed by atoms with van der Waals surface area (Å²) in [4.78, 5) is 29.1. The van der Waals surface area contributed by atoms with Crippen LogP contribution >= 0.6 is 11.8 Å². The molecule has 2 fully saturated rings. The molecule has 6 atom stereocenters. The maximum atomic E-state index is 12.6. The molecule has 35 heavy (non-hydrogen) atoms. The smallest absolute Gasteiger partial charge is 0.274 e. The lowest BCUT2D eigenvalue weighted by Gasteiger charge is -2.46. The van der Waals surface area contributed by atoms with Gasteiger partial charge in [0.1, 0.15) is 5.75 Å². The van der Waals surface area contributed by atoms with Gasteiger partial charge in [0.15, 0.2) is 6.29 Å². The topological polar surface area (TPSA) is 142 Å². The molecule has 1 aromatic rings. The van der Waals surface area contributed by atoms with Crippen LogP contribution in [0.4, 0.5) is 0 Å². The number of aliphatic hydroxyl groups is 1. The summed E-state index contributed by atoms with van der Waals surface area (Å²) in [5.41, 5.74) is 1.45. The minimum atomic E-state index is -3.83. The number of nitrogens with two attached hydrogens (primary N) is 1. The number of amides is 1. The number of likely N-dealkylation sites (tertiary alicyclic amines) is 1. The van der Waals surface area contributed by atoms with E-state index in [2.05, 4.69) is 9.62 Å². The van der Waals surface area contributed by atoms with Crippen molar-refractivity contribution >= 4 is 34.2 Å². The lowest BCUT2D eigenvalue weighted by atomic mass is 9.79. The number of aliphatic hydroxyl groups excluding tert-OH is 1. The molecule has 0 unspecified atom stereocenters. The van der Waals surface area contributed by atoms with Gasteiger partial charge in [0.2, 0.25) is 5.91 Å². The molecule has 3 aliphatic rings. The van der Waals surface area contributed by atoms with Gasteiger partial charge in [0.25, 0.3) is 10.2 Å². The van der Waals surface area contributed by atoms with Gasteiger partial charge in [-0.3, -0.25) is 14.5 Å². The van der Waals surface area contributed by atoms with E-state index >= 15 is 0 Å². The number of allylic oxidation sites excluding steroid dienone is 1. The number of methoxy groups -OCH3 is 1. The largest absolute Gasteiger partial charge is 0.497 e. The second kappa shape index (κ2) is 10.2. The molecular formula is C23H32N4O6S2. The van der Waals surface area contributed by atoms with Crippen LogP contribution < -0.4 is 14.6 Å². The zero-order valence-corrected chi connectivity index (χ0v) is 21.6. The number of carbonyl (C=O) groups excluding carboxylic acids is 2. The number of carbonyl (C=O) groups is 2. The number of nitrogens with one attached hydrogen (secondary N) is 1. The molecule has 1 aromatic carbocycles. The highest BCUT2D eigenvalue weighted by atomic mass is 32.2. The molecule has 0 radical (unpaired) electrons. The zero-order chi connectivity index (χ0) is 25.5. The maximum absolute atomic E-state index is 12.6. The lowest BCUT2D eigenvalue weighted by Crippen LogP contribution is -2.63. The Hall–Kier alpha value is -1.96. The number of rotatable bonds is 10. The van der Waals surface area contributed by atoms with E-state index in [1.807, 2.05) is 31.2 Å². The van der Waals surface area contributed by atoms with Crippen LogP contribution in [-0.4, -0.2) is 79.2 Å². The van der Waals surface area contributed by atoms with Crippen molar-refractivity contribution in [1.82, 2.24) is 14.5 Å². The molecule has 3 heterocycles. The van der Waals surface area contributed by atoms with E-state index in [0.29, 0.717) is 25.2 Å². The maximum Gasteiger partial charge on any atom is 0.274 e. The second-order valence-corrected chi connectivity index (χ2v) is 12.1. The molecule has 0 aliphatic carbocycles. The molecule has 0 bridgehead atoms. The SMILES string of the molecule is COc1ccc(CN2C[C@@H](SC3=C(C=O)N4C(=O)[C@H]([C@@H](C)O)[C@H]4[C@H]3C)C[C@H]2CNS(N)(=O)=O)cc1. The van der Waals surface area contributed by atoms with Crippen LogP contribution in [0.1, 0.15) is 25.8 Å². The van der Waals surface area contributed by atoms with Gasteiger partial charge in [-0.05, 0) is 31.0 Å². The molecule has 12 heteroatoms. The predicted molar refractivity (Wildman–Crippen MR) is 132 cm³/mol. The highest BCUT2D eigenvalue weighted by molar-refractivity contribution is 8.03. The number of nitrogens with zero attached hydrogens (tertiary/aromatic N) is 2. The number of hydrogen-bond acceptors (Lipinski definition) is 8. The third-order valence-electron chi connectivity index (χ3n) is 7.11. The summed E-state index contributed by atoms with van der Waals surface area (Å²) in [6.07, 6.45) is 0.645. The number of fused-ring (bicyclic) bond motifs is 1. The van der Waals surface area contributed by atoms with Crippen LogP contribution in [0.25, 0.3) is 0 Å². The second-order valence-electron chi connectivity index (χ2n) is 9.42. The molecule has 2 saturated heterocycles. The van der Waals surface area contributed by atoms with Gasteiger partial charge >= 0.3 is 0 Å². The minimum Gasteiger partial charge on any atom is -0.497 e. The average Bonchev–Trinajstić information content (AvgIpc) is 3.28. The molecule has 0 spiro atoms. The quantitative estimate of drug-likeness (QED) is 0.296. The first-order valence-corrected chi connectivity index (χ1v) is 14.0. The summed E-state index contributed by atoms with van der Waals surface area (Å²) in [6.45, 7) is 5.06. The Morgan fingerprint density at radius 3 is 2.60 bits per heavy atom. The van der Waals surface area contributed by atoms with Gasteiger partial charge in [0, 0.05) is 41.7 Å². The van der Waals surface area contributed by atoms with E-state index in [1.54, 1.807) is 25.8 Å². The van der Waals surface area contributed by atoms with Gasteiger partial charge in [-0.25, -0.2) is 9.86 Å². The third-order valence-corrected chi connectivity index (χ3v) is 9.18. The van der Waals surface area contributed by atoms with Crippen molar-refractivity contribution in [3.63, 3.8) is 0 Å². The molecule has 0 aromatic heterocycles. The first-order chi connectivity index (χ1) is 16.5. The Balaban J connectivity index is 1.51. The van der Waals surface area contributed by atoms with E-state index in [9.17, 15) is 23.1 Å². The van der Waals surface area contributed by atoms with Crippen LogP contribution in [-0.2, 0) is 26.3 Å². The van der Waals surface area contributed by atoms with Gasteiger partial charge < -0.3 is 14.7 Å². The highest BCUT2D eigenvalue weighted by Crippen LogP contribution is 2.51. The molecule has 4 rings (SSSR count). The van der Waals surface area contributed by atoms with Crippen molar-refractivity contribution in [3.05, 3.63) is 40.4 Å². The summed E-state index contributed by atoms with van der Waals surface area (Å²) in [5, 5.41) is 15.3. The van der Waals surface area contributed by atoms with E-state index in [4.69, 9.17) is 9.88 Å². The Kier molecular flexibility index (Phi) is 7.60. The van der Waals surface area contributed by atoms with E-state index in [1.165, 1.54) is 4.90 Å². The number of aldehydes is 1. The Morgan fingerprint density at radius 2 is 2.03 bits per heavy atom. The summed E-state index contributed by atoms with van der Waals surface area (Å²) in [6, 6.07) is 7.42. The highest BCUT2D eigenvalue weighted by Gasteiger charge is 2.58. The van der Waals surface area contributed by atoms with Crippen molar-refractivity contribution in [2.45, 2.75) is 50.3 Å². The molecule has 1 amide bonds. The fraction of sp³-hybridized carbons (Fsp3) is 0.565. The Labute approximate surface area is 210 Å². The fourth-order valence-electron chi connectivity index (χ4n) is 5.41. The lowest BCUT2D eigenvalue weighted by molar-refractivity contribution is -0.160. The van der Waals surface area contributed by atoms with Crippen molar-refractivity contribution in [1.29, 1.82) is 0 Å². The monoisotopic (exact) mass is 524 g/mol. The first kappa shape index (κ1) is 26.1. The summed E-state index contributed by atoms with van der Waals surface area (Å²) in [5.74, 6) is -0.0133. The number of benzene rings is 1. The van der Waals surface area contributed by atoms with Gasteiger partial charge in [-0.15, -0.1) is 11.8 Å². The fourth-order valence-corrected chi connectivity index (χ4v) is 7.40. The normalized spacial score (nSPS) is 29.8. The Bertz CT molecular complexity index is 1110. The van der Waals surface area contributed by atoms with Gasteiger partial charge in [-0.1, -0.05) is 19.1 Å². The minimum absolute atomic E-state index is 0.0610. The number of hydrogen-bond donors (Lipinski definition) is 3. The first-order valence-electron chi connectivity index (χ1n) is 11.6. The molecule has 4 N–H and O–H groups in total. The van der Waals surface area contributed by atoms with E-state index < -0.39 is 22.2 Å². The van der Waals surface area contributed by atoms with Gasteiger partial charge in [-0.2, -0.15) is 8.42 Å². The molecule has 10 nitrogen and oxygen atoms in total. The molecule has 192 valence electrons. The van der Waals surface area contributed by atoms with Crippen molar-refractivity contribution < 1.29 is 27.9 Å².